The van der Waals surface area contributed by atoms with Crippen molar-refractivity contribution in [3.63, 3.8) is 0 Å². The van der Waals surface area contributed by atoms with Gasteiger partial charge >= 0.3 is 0 Å². The second-order valence-electron chi connectivity index (χ2n) is 5.98. The van der Waals surface area contributed by atoms with Gasteiger partial charge in [0.25, 0.3) is 0 Å². The Morgan fingerprint density at radius 3 is 2.78 bits per heavy atom. The maximum absolute atomic E-state index is 12.4. The lowest BCUT2D eigenvalue weighted by atomic mass is 9.63. The molecule has 0 aromatic carbocycles. The molecule has 1 amide bonds. The minimum absolute atomic E-state index is 0.00803. The SMILES string of the molecule is CC1CC(C#N)(C(=O)N(C)CC2CCCOC2)C1. The summed E-state index contributed by atoms with van der Waals surface area (Å²) in [4.78, 5) is 14.1. The Bertz CT molecular complexity index is 349. The fourth-order valence-corrected chi connectivity index (χ4v) is 3.23. The average Bonchev–Trinajstić information content (AvgIpc) is 2.35. The van der Waals surface area contributed by atoms with Crippen LogP contribution >= 0.6 is 0 Å². The van der Waals surface area contributed by atoms with Crippen LogP contribution in [0.1, 0.15) is 32.6 Å². The molecule has 18 heavy (non-hydrogen) atoms. The molecule has 2 rings (SSSR count). The third-order valence-electron chi connectivity index (χ3n) is 4.15. The highest BCUT2D eigenvalue weighted by molar-refractivity contribution is 5.86. The normalized spacial score (nSPS) is 35.4. The van der Waals surface area contributed by atoms with E-state index in [0.29, 0.717) is 24.7 Å². The number of carbonyl (C=O) groups is 1. The molecular formula is C14H22N2O2. The fourth-order valence-electron chi connectivity index (χ4n) is 3.23. The van der Waals surface area contributed by atoms with Gasteiger partial charge in [0, 0.05) is 20.2 Å². The van der Waals surface area contributed by atoms with Crippen molar-refractivity contribution in [1.29, 1.82) is 5.26 Å². The summed E-state index contributed by atoms with van der Waals surface area (Å²) in [7, 11) is 1.82. The van der Waals surface area contributed by atoms with E-state index in [4.69, 9.17) is 4.74 Å². The summed E-state index contributed by atoms with van der Waals surface area (Å²) in [5, 5.41) is 9.26. The van der Waals surface area contributed by atoms with Crippen LogP contribution < -0.4 is 0 Å². The fraction of sp³-hybridized carbons (Fsp3) is 0.857. The van der Waals surface area contributed by atoms with Crippen molar-refractivity contribution in [3.05, 3.63) is 0 Å². The monoisotopic (exact) mass is 250 g/mol. The molecule has 1 unspecified atom stereocenters. The van der Waals surface area contributed by atoms with Crippen LogP contribution in [0.15, 0.2) is 0 Å². The molecule has 0 N–H and O–H groups in total. The highest BCUT2D eigenvalue weighted by Crippen LogP contribution is 2.46. The van der Waals surface area contributed by atoms with Gasteiger partial charge in [-0.25, -0.2) is 0 Å². The van der Waals surface area contributed by atoms with E-state index in [2.05, 4.69) is 13.0 Å². The Morgan fingerprint density at radius 2 is 2.28 bits per heavy atom. The van der Waals surface area contributed by atoms with Crippen molar-refractivity contribution >= 4 is 5.91 Å². The first-order chi connectivity index (χ1) is 8.57. The molecule has 0 spiro atoms. The van der Waals surface area contributed by atoms with Crippen molar-refractivity contribution < 1.29 is 9.53 Å². The first-order valence-corrected chi connectivity index (χ1v) is 6.82. The third kappa shape index (κ3) is 2.51. The van der Waals surface area contributed by atoms with Gasteiger partial charge in [-0.15, -0.1) is 0 Å². The molecule has 4 nitrogen and oxygen atoms in total. The highest BCUT2D eigenvalue weighted by atomic mass is 16.5. The zero-order chi connectivity index (χ0) is 13.2. The third-order valence-corrected chi connectivity index (χ3v) is 4.15. The number of nitrogens with zero attached hydrogens (tertiary/aromatic N) is 2. The molecule has 100 valence electrons. The van der Waals surface area contributed by atoms with Gasteiger partial charge in [-0.1, -0.05) is 6.92 Å². The van der Waals surface area contributed by atoms with Crippen molar-refractivity contribution in [2.24, 2.45) is 17.3 Å². The molecule has 1 atom stereocenters. The zero-order valence-corrected chi connectivity index (χ0v) is 11.3. The summed E-state index contributed by atoms with van der Waals surface area (Å²) in [6.45, 7) is 4.40. The lowest BCUT2D eigenvalue weighted by molar-refractivity contribution is -0.145. The molecule has 0 aromatic heterocycles. The van der Waals surface area contributed by atoms with Gasteiger partial charge in [-0.2, -0.15) is 5.26 Å². The summed E-state index contributed by atoms with van der Waals surface area (Å²) in [5.74, 6) is 0.939. The highest BCUT2D eigenvalue weighted by Gasteiger charge is 2.50. The molecule has 1 heterocycles. The van der Waals surface area contributed by atoms with E-state index in [9.17, 15) is 10.1 Å². The summed E-state index contributed by atoms with van der Waals surface area (Å²) < 4.78 is 5.43. The first kappa shape index (κ1) is 13.4. The molecule has 0 aromatic rings. The number of ether oxygens (including phenoxy) is 1. The molecular weight excluding hydrogens is 228 g/mol. The van der Waals surface area contributed by atoms with Gasteiger partial charge < -0.3 is 9.64 Å². The molecule has 1 saturated carbocycles. The summed E-state index contributed by atoms with van der Waals surface area (Å²) in [6.07, 6.45) is 3.63. The van der Waals surface area contributed by atoms with E-state index in [1.54, 1.807) is 4.90 Å². The standard InChI is InChI=1S/C14H22N2O2/c1-11-6-14(7-11,10-15)13(17)16(2)8-12-4-3-5-18-9-12/h11-12H,3-9H2,1-2H3. The van der Waals surface area contributed by atoms with Gasteiger partial charge in [0.15, 0.2) is 0 Å². The number of nitriles is 1. The van der Waals surface area contributed by atoms with Crippen LogP contribution in [0.3, 0.4) is 0 Å². The second kappa shape index (κ2) is 5.27. The Balaban J connectivity index is 1.90. The molecule has 0 bridgehead atoms. The molecule has 1 aliphatic carbocycles. The van der Waals surface area contributed by atoms with Crippen molar-refractivity contribution in [3.8, 4) is 6.07 Å². The van der Waals surface area contributed by atoms with Gasteiger partial charge in [-0.05, 0) is 37.5 Å². The zero-order valence-electron chi connectivity index (χ0n) is 11.3. The van der Waals surface area contributed by atoms with Crippen LogP contribution in [0.2, 0.25) is 0 Å². The number of amides is 1. The lowest BCUT2D eigenvalue weighted by Crippen LogP contribution is -2.50. The van der Waals surface area contributed by atoms with Crippen molar-refractivity contribution in [2.45, 2.75) is 32.6 Å². The van der Waals surface area contributed by atoms with E-state index >= 15 is 0 Å². The van der Waals surface area contributed by atoms with E-state index in [0.717, 1.165) is 32.6 Å². The number of rotatable bonds is 3. The summed E-state index contributed by atoms with van der Waals surface area (Å²) in [5.41, 5.74) is -0.732. The van der Waals surface area contributed by atoms with Crippen LogP contribution in [-0.2, 0) is 9.53 Å². The first-order valence-electron chi connectivity index (χ1n) is 6.82. The Morgan fingerprint density at radius 1 is 1.56 bits per heavy atom. The maximum Gasteiger partial charge on any atom is 0.242 e. The Kier molecular flexibility index (Phi) is 3.91. The van der Waals surface area contributed by atoms with Crippen molar-refractivity contribution in [2.75, 3.05) is 26.8 Å². The number of carbonyl (C=O) groups excluding carboxylic acids is 1. The van der Waals surface area contributed by atoms with Crippen LogP contribution in [0.5, 0.6) is 0 Å². The van der Waals surface area contributed by atoms with Crippen LogP contribution in [0.4, 0.5) is 0 Å². The van der Waals surface area contributed by atoms with Crippen molar-refractivity contribution in [1.82, 2.24) is 4.90 Å². The van der Waals surface area contributed by atoms with Crippen LogP contribution in [0.25, 0.3) is 0 Å². The Labute approximate surface area is 109 Å². The number of hydrogen-bond acceptors (Lipinski definition) is 3. The smallest absolute Gasteiger partial charge is 0.242 e. The molecule has 2 aliphatic rings. The van der Waals surface area contributed by atoms with Gasteiger partial charge in [0.1, 0.15) is 5.41 Å². The van der Waals surface area contributed by atoms with E-state index < -0.39 is 5.41 Å². The lowest BCUT2D eigenvalue weighted by Gasteiger charge is -2.42. The molecule has 2 fully saturated rings. The maximum atomic E-state index is 12.4. The quantitative estimate of drug-likeness (QED) is 0.767. The summed E-state index contributed by atoms with van der Waals surface area (Å²) in [6, 6.07) is 2.24. The van der Waals surface area contributed by atoms with Crippen LogP contribution in [0, 0.1) is 28.6 Å². The molecule has 0 radical (unpaired) electrons. The van der Waals surface area contributed by atoms with Gasteiger partial charge in [0.2, 0.25) is 5.91 Å². The Hall–Kier alpha value is -1.08. The van der Waals surface area contributed by atoms with E-state index in [1.807, 2.05) is 7.05 Å². The van der Waals surface area contributed by atoms with E-state index in [1.165, 1.54) is 0 Å². The predicted octanol–water partition coefficient (Wildman–Crippen LogP) is 1.81. The molecule has 1 aliphatic heterocycles. The minimum Gasteiger partial charge on any atom is -0.381 e. The van der Waals surface area contributed by atoms with Gasteiger partial charge in [0.05, 0.1) is 12.7 Å². The van der Waals surface area contributed by atoms with Gasteiger partial charge in [-0.3, -0.25) is 4.79 Å². The largest absolute Gasteiger partial charge is 0.381 e. The molecule has 1 saturated heterocycles. The topological polar surface area (TPSA) is 53.3 Å². The van der Waals surface area contributed by atoms with E-state index in [-0.39, 0.29) is 5.91 Å². The second-order valence-corrected chi connectivity index (χ2v) is 5.98. The molecule has 4 heteroatoms. The predicted molar refractivity (Wildman–Crippen MR) is 67.6 cm³/mol. The van der Waals surface area contributed by atoms with Crippen LogP contribution in [-0.4, -0.2) is 37.6 Å². The minimum atomic E-state index is -0.732. The average molecular weight is 250 g/mol. The number of hydrogen-bond donors (Lipinski definition) is 0. The summed E-state index contributed by atoms with van der Waals surface area (Å²) >= 11 is 0.